The molecule has 1 aliphatic rings. The molecule has 1 N–H and O–H groups in total. The molecule has 0 saturated heterocycles. The van der Waals surface area contributed by atoms with Crippen LogP contribution in [0.3, 0.4) is 0 Å². The number of pyridine rings is 1. The molecule has 3 rings (SSSR count). The number of H-pyrrole nitrogens is 1. The number of aromatic amines is 1. The van der Waals surface area contributed by atoms with E-state index in [0.29, 0.717) is 0 Å². The van der Waals surface area contributed by atoms with Crippen molar-refractivity contribution < 1.29 is 22.4 Å². The number of rotatable bonds is 0. The van der Waals surface area contributed by atoms with E-state index in [0.717, 1.165) is 29.9 Å². The van der Waals surface area contributed by atoms with Crippen molar-refractivity contribution in [3.8, 4) is 0 Å². The van der Waals surface area contributed by atoms with Crippen LogP contribution < -0.4 is 5.56 Å². The average Bonchev–Trinajstić information content (AvgIpc) is 2.56. The van der Waals surface area contributed by atoms with Gasteiger partial charge in [0.05, 0.1) is 5.52 Å². The van der Waals surface area contributed by atoms with E-state index in [-0.39, 0.29) is 33.4 Å². The van der Waals surface area contributed by atoms with E-state index in [4.69, 9.17) is 0 Å². The molecule has 0 aromatic carbocycles. The Balaban J connectivity index is 0.00000108. The van der Waals surface area contributed by atoms with Gasteiger partial charge in [-0.05, 0) is 6.07 Å². The quantitative estimate of drug-likeness (QED) is 0.729. The zero-order valence-corrected chi connectivity index (χ0v) is 13.1. The second-order valence-corrected chi connectivity index (χ2v) is 4.96. The number of hydrogen-bond donors (Lipinski definition) is 1. The Morgan fingerprint density at radius 2 is 2.18 bits per heavy atom. The average molecular weight is 397 g/mol. The van der Waals surface area contributed by atoms with Crippen molar-refractivity contribution in [3.63, 3.8) is 0 Å². The molecule has 0 fully saturated rings. The second-order valence-electron chi connectivity index (χ2n) is 4.96. The second kappa shape index (κ2) is 4.05. The van der Waals surface area contributed by atoms with Crippen LogP contribution in [-0.4, -0.2) is 16.2 Å². The molecule has 2 aromatic rings. The van der Waals surface area contributed by atoms with Crippen LogP contribution in [0.25, 0.3) is 10.8 Å². The minimum atomic E-state index is -0.0604. The van der Waals surface area contributed by atoms with Crippen LogP contribution in [0.15, 0.2) is 23.0 Å². The van der Waals surface area contributed by atoms with Gasteiger partial charge < -0.3 is 5.32 Å². The molecule has 2 aromatic heterocycles. The normalized spacial score (nSPS) is 17.1. The first-order chi connectivity index (χ1) is 7.58. The Kier molecular flexibility index (Phi) is 2.97. The van der Waals surface area contributed by atoms with Gasteiger partial charge in [-0.3, -0.25) is 14.4 Å². The number of nitrogens with one attached hydrogen (secondary N) is 1. The molecular weight excluding hydrogens is 383 g/mol. The van der Waals surface area contributed by atoms with E-state index < -0.39 is 0 Å². The Labute approximate surface area is 115 Å². The van der Waals surface area contributed by atoms with Crippen molar-refractivity contribution in [2.24, 2.45) is 0 Å². The fourth-order valence-electron chi connectivity index (χ4n) is 2.42. The van der Waals surface area contributed by atoms with Gasteiger partial charge in [0.25, 0.3) is 5.56 Å². The number of hydrogen-bond acceptors (Lipinski definition) is 1. The topological polar surface area (TPSA) is 51.4 Å². The Morgan fingerprint density at radius 1 is 1.41 bits per heavy atom. The van der Waals surface area contributed by atoms with Crippen LogP contribution in [-0.2, 0) is 27.8 Å². The minimum Gasteiger partial charge on any atom is -0.683 e. The van der Waals surface area contributed by atoms with E-state index in [1.54, 1.807) is 6.07 Å². The molecule has 0 saturated carbocycles. The molecule has 5 heteroatoms. The van der Waals surface area contributed by atoms with Gasteiger partial charge in [0.2, 0.25) is 0 Å². The molecule has 3 heterocycles. The molecular formula is C12H14N3OTa-. The maximum Gasteiger partial charge on any atom is 0.264 e. The molecule has 0 aliphatic carbocycles. The summed E-state index contributed by atoms with van der Waals surface area (Å²) in [6.45, 7) is 5.24. The summed E-state index contributed by atoms with van der Waals surface area (Å²) in [6.07, 6.45) is 1.01. The Hall–Kier alpha value is -0.970. The van der Waals surface area contributed by atoms with Crippen LogP contribution >= 0.6 is 0 Å². The first-order valence-corrected chi connectivity index (χ1v) is 5.51. The largest absolute Gasteiger partial charge is 0.683 e. The van der Waals surface area contributed by atoms with E-state index in [1.165, 1.54) is 0 Å². The van der Waals surface area contributed by atoms with Gasteiger partial charge in [-0.15, -0.1) is 12.2 Å². The molecule has 89 valence electrons. The molecule has 17 heavy (non-hydrogen) atoms. The first-order valence-electron chi connectivity index (χ1n) is 5.51. The van der Waals surface area contributed by atoms with Crippen molar-refractivity contribution >= 4 is 11.2 Å². The van der Waals surface area contributed by atoms with Crippen molar-refractivity contribution in [2.75, 3.05) is 6.54 Å². The fourth-order valence-corrected chi connectivity index (χ4v) is 2.42. The summed E-state index contributed by atoms with van der Waals surface area (Å²) < 4.78 is 1.88. The first kappa shape index (κ1) is 12.5. The van der Waals surface area contributed by atoms with Gasteiger partial charge in [-0.25, -0.2) is 0 Å². The third-order valence-corrected chi connectivity index (χ3v) is 3.30. The maximum absolute atomic E-state index is 11.4. The minimum absolute atomic E-state index is 0. The van der Waals surface area contributed by atoms with Crippen molar-refractivity contribution in [3.05, 3.63) is 39.6 Å². The molecule has 0 atom stereocenters. The van der Waals surface area contributed by atoms with Crippen molar-refractivity contribution in [1.29, 1.82) is 0 Å². The monoisotopic (exact) mass is 397 g/mol. The van der Waals surface area contributed by atoms with Gasteiger partial charge in [0.1, 0.15) is 0 Å². The van der Waals surface area contributed by atoms with E-state index >= 15 is 0 Å². The molecule has 0 amide bonds. The van der Waals surface area contributed by atoms with Gasteiger partial charge in [-0.1, -0.05) is 26.3 Å². The molecule has 0 unspecified atom stereocenters. The van der Waals surface area contributed by atoms with Crippen LogP contribution in [0.5, 0.6) is 0 Å². The molecule has 0 spiro atoms. The van der Waals surface area contributed by atoms with Crippen molar-refractivity contribution in [2.45, 2.75) is 25.7 Å². The number of aromatic nitrogens is 2. The number of nitrogens with zero attached hydrogens (tertiary/aromatic N) is 2. The number of fused-ring (bicyclic) bond motifs is 3. The van der Waals surface area contributed by atoms with Crippen LogP contribution in [0.4, 0.5) is 5.69 Å². The predicted octanol–water partition coefficient (Wildman–Crippen LogP) is 2.31. The van der Waals surface area contributed by atoms with E-state index in [2.05, 4.69) is 24.3 Å². The summed E-state index contributed by atoms with van der Waals surface area (Å²) >= 11 is 0. The molecule has 1 aliphatic heterocycles. The van der Waals surface area contributed by atoms with E-state index in [1.807, 2.05) is 16.6 Å². The maximum atomic E-state index is 11.4. The summed E-state index contributed by atoms with van der Waals surface area (Å²) in [5.74, 6) is 0. The summed E-state index contributed by atoms with van der Waals surface area (Å²) in [4.78, 5) is 11.4. The Morgan fingerprint density at radius 3 is 2.94 bits per heavy atom. The fraction of sp³-hybridized carbons (Fsp3) is 0.417. The van der Waals surface area contributed by atoms with Gasteiger partial charge >= 0.3 is 0 Å². The SMILES string of the molecule is CC1(C)CC[N-]c2ccc3cc(=O)[nH]n3c21.[Ta]. The van der Waals surface area contributed by atoms with Crippen molar-refractivity contribution in [1.82, 2.24) is 9.61 Å². The third-order valence-electron chi connectivity index (χ3n) is 3.30. The smallest absolute Gasteiger partial charge is 0.264 e. The van der Waals surface area contributed by atoms with Crippen LogP contribution in [0, 0.1) is 0 Å². The summed E-state index contributed by atoms with van der Waals surface area (Å²) in [7, 11) is 0. The third kappa shape index (κ3) is 1.86. The summed E-state index contributed by atoms with van der Waals surface area (Å²) in [5.41, 5.74) is 3.01. The van der Waals surface area contributed by atoms with Gasteiger partial charge in [-0.2, -0.15) is 0 Å². The summed E-state index contributed by atoms with van der Waals surface area (Å²) in [5, 5.41) is 7.35. The predicted molar refractivity (Wildman–Crippen MR) is 63.5 cm³/mol. The molecule has 4 nitrogen and oxygen atoms in total. The Bertz CT molecular complexity index is 612. The van der Waals surface area contributed by atoms with Crippen LogP contribution in [0.2, 0.25) is 0 Å². The zero-order chi connectivity index (χ0) is 11.3. The van der Waals surface area contributed by atoms with E-state index in [9.17, 15) is 4.79 Å². The zero-order valence-electron chi connectivity index (χ0n) is 9.90. The summed E-state index contributed by atoms with van der Waals surface area (Å²) in [6, 6.07) is 5.55. The van der Waals surface area contributed by atoms with Crippen LogP contribution in [0.1, 0.15) is 26.0 Å². The van der Waals surface area contributed by atoms with Gasteiger partial charge in [0.15, 0.2) is 0 Å². The molecule has 0 bridgehead atoms. The molecule has 1 radical (unpaired) electrons. The van der Waals surface area contributed by atoms with Gasteiger partial charge in [0, 0.05) is 39.6 Å². The standard InChI is InChI=1S/C12H14N3O.Ta/c1-12(2)5-6-13-9-4-3-8-7-10(16)14-15(8)11(9)12;/h3-4,7H,5-6H2,1-2H3,(H,14,16);/q-1;.